The van der Waals surface area contributed by atoms with Crippen molar-refractivity contribution in [3.05, 3.63) is 143 Å². The molecular weight excluding hydrogens is 1300 g/mol. The first-order valence-electron chi connectivity index (χ1n) is 28.5. The number of aromatic hydroxyl groups is 1. The highest BCUT2D eigenvalue weighted by atomic mass is 35.5. The number of nitrogens with zero attached hydrogens (tertiary/aromatic N) is 5. The third-order valence-corrected chi connectivity index (χ3v) is 15.0. The van der Waals surface area contributed by atoms with Crippen molar-refractivity contribution in [1.29, 1.82) is 5.26 Å². The summed E-state index contributed by atoms with van der Waals surface area (Å²) in [6.45, 7) is 24.1. The number of aryl methyl sites for hydroxylation is 4. The number of hydrogen-bond donors (Lipinski definition) is 5. The summed E-state index contributed by atoms with van der Waals surface area (Å²) in [5.41, 5.74) is 10.2. The number of phenolic OH excluding ortho intramolecular Hbond substituents is 1. The van der Waals surface area contributed by atoms with Gasteiger partial charge in [-0.3, -0.25) is 9.59 Å². The smallest absolute Gasteiger partial charge is 0.373 e. The average Bonchev–Trinajstić information content (AvgIpc) is 1.73. The lowest BCUT2D eigenvalue weighted by molar-refractivity contribution is -0.193. The number of fused-ring (bicyclic) bond motifs is 2. The number of aromatic nitrogens is 3. The number of hydrogen-bond acceptors (Lipinski definition) is 25. The van der Waals surface area contributed by atoms with Crippen LogP contribution >= 0.6 is 57.8 Å². The molecule has 0 spiro atoms. The van der Waals surface area contributed by atoms with Gasteiger partial charge in [-0.15, -0.1) is 45.6 Å². The molecule has 10 rings (SSSR count). The first kappa shape index (κ1) is 84.5. The Morgan fingerprint density at radius 1 is 0.753 bits per heavy atom. The number of halogens is 3. The topological polar surface area (TPSA) is 345 Å². The van der Waals surface area contributed by atoms with Crippen LogP contribution in [0.1, 0.15) is 106 Å². The summed E-state index contributed by atoms with van der Waals surface area (Å²) in [5, 5.41) is 36.8. The number of nitrogens with one attached hydrogen (secondary N) is 3. The Morgan fingerprint density at radius 2 is 1.25 bits per heavy atom. The average molecular weight is 1380 g/mol. The Balaban J connectivity index is 0.00000109. The molecule has 0 radical (unpaired) electrons. The molecule has 2 saturated heterocycles. The van der Waals surface area contributed by atoms with Gasteiger partial charge in [-0.05, 0) is 122 Å². The predicted molar refractivity (Wildman–Crippen MR) is 360 cm³/mol. The molecular formula is C64H76ClF2N9O13S4. The van der Waals surface area contributed by atoms with Crippen LogP contribution in [0.5, 0.6) is 5.75 Å². The molecule has 2 fully saturated rings. The Labute approximate surface area is 559 Å². The van der Waals surface area contributed by atoms with Crippen molar-refractivity contribution < 1.29 is 61.1 Å². The van der Waals surface area contributed by atoms with E-state index in [1.54, 1.807) is 23.5 Å². The molecule has 0 aliphatic carbocycles. The Bertz CT molecular complexity index is 3760. The number of nitrogens with two attached hydrogens (primary N) is 1. The van der Waals surface area contributed by atoms with Crippen LogP contribution < -0.4 is 37.8 Å². The number of Topliss-reactive ketones (excluding diaryl/α,β-unsaturated/α-hetero) is 1. The third-order valence-electron chi connectivity index (χ3n) is 11.4. The number of phenols is 1. The number of carbonyl (C=O) groups is 2. The number of piperazine rings is 2. The van der Waals surface area contributed by atoms with Crippen LogP contribution in [-0.2, 0) is 40.0 Å². The van der Waals surface area contributed by atoms with Crippen molar-refractivity contribution in [2.45, 2.75) is 113 Å². The summed E-state index contributed by atoms with van der Waals surface area (Å²) in [7, 11) is 0. The minimum atomic E-state index is -0.553. The second-order valence-corrected chi connectivity index (χ2v) is 22.9. The molecule has 2 aliphatic rings. The number of benzene rings is 3. The van der Waals surface area contributed by atoms with E-state index in [0.29, 0.717) is 61.9 Å². The molecule has 0 amide bonds. The highest BCUT2D eigenvalue weighted by Gasteiger charge is 2.18. The van der Waals surface area contributed by atoms with Crippen molar-refractivity contribution in [3.63, 3.8) is 0 Å². The third kappa shape index (κ3) is 36.3. The number of aldehydes is 1. The second-order valence-electron chi connectivity index (χ2n) is 19.4. The molecule has 7 heterocycles. The minimum absolute atomic E-state index is 0.0201. The molecule has 2 atom stereocenters. The second kappa shape index (κ2) is 50.1. The van der Waals surface area contributed by atoms with Gasteiger partial charge >= 0.3 is 29.7 Å². The lowest BCUT2D eigenvalue weighted by Gasteiger charge is -2.33. The van der Waals surface area contributed by atoms with E-state index in [2.05, 4.69) is 87.2 Å². The summed E-state index contributed by atoms with van der Waals surface area (Å²) < 4.78 is 35.9. The molecule has 0 bridgehead atoms. The molecule has 5 aromatic heterocycles. The molecule has 8 aromatic rings. The van der Waals surface area contributed by atoms with E-state index >= 15 is 0 Å². The molecule has 3 aromatic carbocycles. The number of nitriles is 1. The molecule has 0 saturated carbocycles. The zero-order valence-electron chi connectivity index (χ0n) is 52.9. The number of rotatable bonds is 10. The fraction of sp³-hybridized carbons (Fsp3) is 0.375. The monoisotopic (exact) mass is 1380 g/mol. The fourth-order valence-electron chi connectivity index (χ4n) is 7.31. The Morgan fingerprint density at radius 3 is 1.61 bits per heavy atom. The van der Waals surface area contributed by atoms with Crippen molar-refractivity contribution >= 4 is 121 Å². The number of unbranched alkanes of at least 4 members (excludes halogenated alkanes) is 1. The molecule has 6 N–H and O–H groups in total. The van der Waals surface area contributed by atoms with Gasteiger partial charge in [0.15, 0.2) is 6.29 Å². The maximum absolute atomic E-state index is 13.0. The number of anilines is 1. The minimum Gasteiger partial charge on any atom is -0.507 e. The van der Waals surface area contributed by atoms with Crippen molar-refractivity contribution in [3.8, 4) is 33.0 Å². The molecule has 29 heteroatoms. The van der Waals surface area contributed by atoms with Crippen LogP contribution in [0, 0.1) is 43.7 Å². The normalized spacial score (nSPS) is 12.8. The van der Waals surface area contributed by atoms with E-state index in [9.17, 15) is 28.0 Å². The number of ketones is 1. The van der Waals surface area contributed by atoms with Gasteiger partial charge in [0.1, 0.15) is 44.3 Å². The maximum atomic E-state index is 13.0. The zero-order valence-corrected chi connectivity index (χ0v) is 57.0. The lowest BCUT2D eigenvalue weighted by Crippen LogP contribution is -2.49. The van der Waals surface area contributed by atoms with E-state index in [-0.39, 0.29) is 52.6 Å². The van der Waals surface area contributed by atoms with Crippen LogP contribution in [-0.4, -0.2) is 113 Å². The van der Waals surface area contributed by atoms with Gasteiger partial charge in [0.2, 0.25) is 0 Å². The van der Waals surface area contributed by atoms with Crippen LogP contribution in [0.3, 0.4) is 0 Å². The summed E-state index contributed by atoms with van der Waals surface area (Å²) >= 11 is 14.2. The van der Waals surface area contributed by atoms with Gasteiger partial charge in [-0.25, -0.2) is 33.3 Å². The first-order chi connectivity index (χ1) is 44.4. The van der Waals surface area contributed by atoms with Gasteiger partial charge in [0.25, 0.3) is 0 Å². The van der Waals surface area contributed by atoms with Crippen molar-refractivity contribution in [1.82, 2.24) is 30.9 Å². The molecule has 2 aliphatic heterocycles. The van der Waals surface area contributed by atoms with Crippen molar-refractivity contribution in [2.75, 3.05) is 50.0 Å². The molecule has 500 valence electrons. The van der Waals surface area contributed by atoms with Gasteiger partial charge < -0.3 is 40.5 Å². The van der Waals surface area contributed by atoms with E-state index in [1.807, 2.05) is 62.7 Å². The summed E-state index contributed by atoms with van der Waals surface area (Å²) in [6.07, 6.45) is 7.18. The maximum Gasteiger partial charge on any atom is 0.373 e. The lowest BCUT2D eigenvalue weighted by atomic mass is 10.1. The largest absolute Gasteiger partial charge is 0.507 e. The SMILES string of the molecule is CC(=O)CCl.CCCC#N.CCCC(N)=S.CCCc1nc(C)cs1.C[C@H]1CNCCN1.Cc1csc(-c2cc3ccc(F)cc3oc2=O)n1.Cc1csc(-c2cc3ccc(N4CCN[C@@H](C)C4)cc3oc2=O)n1.O=C=O.O=C=O.O=C=O.O=Cc1ccc(F)cc1O. The summed E-state index contributed by atoms with van der Waals surface area (Å²) in [6, 6.07) is 20.1. The summed E-state index contributed by atoms with van der Waals surface area (Å²) in [5.74, 6) is -1.15. The highest BCUT2D eigenvalue weighted by molar-refractivity contribution is 7.80. The number of alkyl halides is 1. The van der Waals surface area contributed by atoms with E-state index in [4.69, 9.17) is 65.3 Å². The van der Waals surface area contributed by atoms with E-state index < -0.39 is 17.3 Å². The van der Waals surface area contributed by atoms with E-state index in [0.717, 1.165) is 105 Å². The van der Waals surface area contributed by atoms with Gasteiger partial charge in [0, 0.05) is 126 Å². The first-order valence-corrected chi connectivity index (χ1v) is 32.1. The van der Waals surface area contributed by atoms with Crippen molar-refractivity contribution in [2.24, 2.45) is 5.73 Å². The fourth-order valence-corrected chi connectivity index (χ4v) is 9.99. The number of carbonyl (C=O) groups excluding carboxylic acids is 8. The van der Waals surface area contributed by atoms with Crippen LogP contribution in [0.25, 0.3) is 43.1 Å². The van der Waals surface area contributed by atoms with Gasteiger partial charge in [-0.1, -0.05) is 33.0 Å². The standard InChI is InChI=1S/C18H19N3O2S.C13H8FNO2S.C7H5FO2.C7H11NS.C5H12N2.C4H9NS.C4H7N.C3H5ClO.3CO2/c1-11-9-21(6-5-19-11)14-4-3-13-7-15(17-20-12(2)10-24-17)18(22)23-16(13)8-14;1-7-6-18-12(15-7)10-4-8-2-3-9(14)5-11(8)17-13(10)16;8-6-2-1-5(4-9)7(10)3-6;1-3-4-7-8-6(2)5-9-7;1-5-4-6-2-3-7-5;1-2-3-4(5)6;1-2-3-4-5;1-3(5)2-4;3*2-1-3/h3-4,7-8,10-11,19H,5-6,9H2,1-2H3;2-6H,1H3;1-4,10H;5H,3-4H2,1-2H3;5-7H,2-4H2,1H3;2-3H2,1H3,(H2,5,6);2-3H2,1H3;2H2,1H3;;;/t11-;;;;5-;;;;;;/m0...0....../s1. The quantitative estimate of drug-likeness (QED) is 0.0367. The Hall–Kier alpha value is -8.54. The van der Waals surface area contributed by atoms with Gasteiger partial charge in [-0.2, -0.15) is 34.0 Å². The predicted octanol–water partition coefficient (Wildman–Crippen LogP) is 11.1. The van der Waals surface area contributed by atoms with Crippen LogP contribution in [0.2, 0.25) is 0 Å². The molecule has 22 nitrogen and oxygen atoms in total. The molecule has 0 unspecified atom stereocenters. The van der Waals surface area contributed by atoms with Crippen LogP contribution in [0.15, 0.2) is 101 Å². The van der Waals surface area contributed by atoms with E-state index in [1.165, 1.54) is 59.2 Å². The van der Waals surface area contributed by atoms with Gasteiger partial charge in [0.05, 0.1) is 38.6 Å². The number of thiocarbonyl (C=S) groups is 1. The molecule has 93 heavy (non-hydrogen) atoms. The summed E-state index contributed by atoms with van der Waals surface area (Å²) in [4.78, 5) is 109. The Kier molecular flexibility index (Phi) is 45.5. The number of thiazole rings is 3. The highest BCUT2D eigenvalue weighted by Crippen LogP contribution is 2.28. The zero-order chi connectivity index (χ0) is 70.3. The van der Waals surface area contributed by atoms with Crippen LogP contribution in [0.4, 0.5) is 14.5 Å².